The van der Waals surface area contributed by atoms with Gasteiger partial charge in [0.25, 0.3) is 0 Å². The molecule has 0 radical (unpaired) electrons. The van der Waals surface area contributed by atoms with E-state index in [0.29, 0.717) is 5.75 Å². The van der Waals surface area contributed by atoms with Crippen LogP contribution in [0.2, 0.25) is 0 Å². The first-order chi connectivity index (χ1) is 6.00. The van der Waals surface area contributed by atoms with Crippen LogP contribution in [0, 0.1) is 27.7 Å². The van der Waals surface area contributed by atoms with Gasteiger partial charge in [-0.15, -0.1) is 0 Å². The number of hydrogen-bond acceptors (Lipinski definition) is 2. The van der Waals surface area contributed by atoms with Crippen molar-refractivity contribution in [3.05, 3.63) is 22.3 Å². The maximum Gasteiger partial charge on any atom is 0.125 e. The molecule has 2 heteroatoms. The molecule has 1 rings (SSSR count). The van der Waals surface area contributed by atoms with Gasteiger partial charge in [-0.2, -0.15) is 0 Å². The fraction of sp³-hybridized carbons (Fsp3) is 0.455. The molecule has 1 aromatic carbocycles. The van der Waals surface area contributed by atoms with Gasteiger partial charge in [0.2, 0.25) is 0 Å². The van der Waals surface area contributed by atoms with Crippen LogP contribution in [0.1, 0.15) is 22.3 Å². The number of rotatable bonds is 1. The van der Waals surface area contributed by atoms with Crippen molar-refractivity contribution in [1.29, 1.82) is 0 Å². The van der Waals surface area contributed by atoms with Crippen molar-refractivity contribution in [2.24, 2.45) is 0 Å². The van der Waals surface area contributed by atoms with Crippen molar-refractivity contribution in [1.82, 2.24) is 0 Å². The zero-order valence-corrected chi connectivity index (χ0v) is 8.86. The van der Waals surface area contributed by atoms with Crippen LogP contribution in [-0.4, -0.2) is 12.2 Å². The molecule has 0 aliphatic heterocycles. The minimum atomic E-state index is 0.385. The van der Waals surface area contributed by atoms with Crippen molar-refractivity contribution in [3.8, 4) is 11.5 Å². The average Bonchev–Trinajstić information content (AvgIpc) is 2.13. The van der Waals surface area contributed by atoms with E-state index in [9.17, 15) is 5.11 Å². The highest BCUT2D eigenvalue weighted by Gasteiger charge is 2.13. The highest BCUT2D eigenvalue weighted by Crippen LogP contribution is 2.35. The monoisotopic (exact) mass is 180 g/mol. The number of phenolic OH excluding ortho intramolecular Hbond substituents is 1. The maximum absolute atomic E-state index is 9.73. The molecule has 0 aliphatic rings. The summed E-state index contributed by atoms with van der Waals surface area (Å²) in [5.41, 5.74) is 3.84. The summed E-state index contributed by atoms with van der Waals surface area (Å²) in [5, 5.41) is 9.73. The molecular weight excluding hydrogens is 164 g/mol. The lowest BCUT2D eigenvalue weighted by Crippen LogP contribution is -1.97. The molecule has 13 heavy (non-hydrogen) atoms. The van der Waals surface area contributed by atoms with Crippen LogP contribution in [0.15, 0.2) is 0 Å². The molecule has 0 heterocycles. The van der Waals surface area contributed by atoms with Crippen molar-refractivity contribution >= 4 is 0 Å². The Kier molecular flexibility index (Phi) is 2.50. The zero-order chi connectivity index (χ0) is 10.2. The van der Waals surface area contributed by atoms with Gasteiger partial charge in [0, 0.05) is 0 Å². The van der Waals surface area contributed by atoms with Gasteiger partial charge in [0.15, 0.2) is 0 Å². The standard InChI is InChI=1S/C11H16O2/c1-6-8(3)11(13-5)9(4)7(2)10(6)12/h12H,1-5H3. The molecule has 0 amide bonds. The summed E-state index contributed by atoms with van der Waals surface area (Å²) >= 11 is 0. The van der Waals surface area contributed by atoms with Crippen LogP contribution >= 0.6 is 0 Å². The molecule has 0 aliphatic carbocycles. The number of hydrogen-bond donors (Lipinski definition) is 1. The van der Waals surface area contributed by atoms with Gasteiger partial charge in [-0.3, -0.25) is 0 Å². The second kappa shape index (κ2) is 3.29. The Labute approximate surface area is 79.2 Å². The van der Waals surface area contributed by atoms with E-state index in [2.05, 4.69) is 0 Å². The third-order valence-corrected chi connectivity index (χ3v) is 2.72. The molecule has 1 aromatic rings. The fourth-order valence-corrected chi connectivity index (χ4v) is 1.56. The number of phenols is 1. The third-order valence-electron chi connectivity index (χ3n) is 2.72. The SMILES string of the molecule is COc1c(C)c(C)c(O)c(C)c1C. The summed E-state index contributed by atoms with van der Waals surface area (Å²) in [6, 6.07) is 0. The van der Waals surface area contributed by atoms with Crippen LogP contribution in [0.5, 0.6) is 11.5 Å². The van der Waals surface area contributed by atoms with E-state index in [1.807, 2.05) is 27.7 Å². The van der Waals surface area contributed by atoms with E-state index in [1.165, 1.54) is 0 Å². The summed E-state index contributed by atoms with van der Waals surface area (Å²) in [6.45, 7) is 7.72. The van der Waals surface area contributed by atoms with Crippen LogP contribution in [0.4, 0.5) is 0 Å². The number of aromatic hydroxyl groups is 1. The second-order valence-electron chi connectivity index (χ2n) is 3.38. The second-order valence-corrected chi connectivity index (χ2v) is 3.38. The summed E-state index contributed by atoms with van der Waals surface area (Å²) in [5.74, 6) is 1.27. The number of ether oxygens (including phenoxy) is 1. The molecule has 2 nitrogen and oxygen atoms in total. The van der Waals surface area contributed by atoms with Crippen molar-refractivity contribution in [2.75, 3.05) is 7.11 Å². The lowest BCUT2D eigenvalue weighted by atomic mass is 9.98. The quantitative estimate of drug-likeness (QED) is 0.720. The number of methoxy groups -OCH3 is 1. The smallest absolute Gasteiger partial charge is 0.125 e. The van der Waals surface area contributed by atoms with E-state index in [1.54, 1.807) is 7.11 Å². The summed E-state index contributed by atoms with van der Waals surface area (Å²) in [7, 11) is 1.66. The minimum Gasteiger partial charge on any atom is -0.507 e. The molecule has 72 valence electrons. The molecule has 1 N–H and O–H groups in total. The van der Waals surface area contributed by atoms with Gasteiger partial charge in [-0.1, -0.05) is 0 Å². The van der Waals surface area contributed by atoms with Crippen molar-refractivity contribution in [2.45, 2.75) is 27.7 Å². The Hall–Kier alpha value is -1.18. The summed E-state index contributed by atoms with van der Waals surface area (Å²) in [4.78, 5) is 0. The van der Waals surface area contributed by atoms with Crippen LogP contribution in [-0.2, 0) is 0 Å². The maximum atomic E-state index is 9.73. The van der Waals surface area contributed by atoms with E-state index in [4.69, 9.17) is 4.74 Å². The van der Waals surface area contributed by atoms with Crippen LogP contribution in [0.25, 0.3) is 0 Å². The Morgan fingerprint density at radius 3 is 1.54 bits per heavy atom. The molecule has 0 spiro atoms. The van der Waals surface area contributed by atoms with E-state index < -0.39 is 0 Å². The lowest BCUT2D eigenvalue weighted by molar-refractivity contribution is 0.403. The minimum absolute atomic E-state index is 0.385. The van der Waals surface area contributed by atoms with Gasteiger partial charge >= 0.3 is 0 Å². The molecule has 0 atom stereocenters. The predicted molar refractivity (Wildman–Crippen MR) is 53.6 cm³/mol. The molecule has 0 bridgehead atoms. The van der Waals surface area contributed by atoms with Gasteiger partial charge in [-0.25, -0.2) is 0 Å². The van der Waals surface area contributed by atoms with Gasteiger partial charge in [0.1, 0.15) is 11.5 Å². The molecule has 0 saturated heterocycles. The fourth-order valence-electron chi connectivity index (χ4n) is 1.56. The van der Waals surface area contributed by atoms with Crippen molar-refractivity contribution < 1.29 is 9.84 Å². The Morgan fingerprint density at radius 1 is 0.846 bits per heavy atom. The lowest BCUT2D eigenvalue weighted by Gasteiger charge is -2.15. The first-order valence-electron chi connectivity index (χ1n) is 4.34. The first kappa shape index (κ1) is 9.90. The van der Waals surface area contributed by atoms with Crippen molar-refractivity contribution in [3.63, 3.8) is 0 Å². The summed E-state index contributed by atoms with van der Waals surface area (Å²) < 4.78 is 5.28. The molecule has 0 unspecified atom stereocenters. The highest BCUT2D eigenvalue weighted by atomic mass is 16.5. The molecule has 0 fully saturated rings. The van der Waals surface area contributed by atoms with E-state index in [0.717, 1.165) is 28.0 Å². The van der Waals surface area contributed by atoms with Gasteiger partial charge in [0.05, 0.1) is 7.11 Å². The Bertz CT molecular complexity index is 311. The average molecular weight is 180 g/mol. The van der Waals surface area contributed by atoms with Crippen LogP contribution in [0.3, 0.4) is 0 Å². The van der Waals surface area contributed by atoms with Crippen LogP contribution < -0.4 is 4.74 Å². The topological polar surface area (TPSA) is 29.5 Å². The first-order valence-corrected chi connectivity index (χ1v) is 4.34. The molecular formula is C11H16O2. The number of benzene rings is 1. The largest absolute Gasteiger partial charge is 0.507 e. The highest BCUT2D eigenvalue weighted by molar-refractivity contribution is 5.56. The molecule has 0 aromatic heterocycles. The van der Waals surface area contributed by atoms with Gasteiger partial charge < -0.3 is 9.84 Å². The Morgan fingerprint density at radius 2 is 1.23 bits per heavy atom. The normalized spacial score (nSPS) is 10.2. The van der Waals surface area contributed by atoms with Gasteiger partial charge in [-0.05, 0) is 49.9 Å². The summed E-state index contributed by atoms with van der Waals surface area (Å²) in [6.07, 6.45) is 0. The Balaban J connectivity index is 3.56. The van der Waals surface area contributed by atoms with E-state index >= 15 is 0 Å². The molecule has 0 saturated carbocycles. The predicted octanol–water partition coefficient (Wildman–Crippen LogP) is 2.63. The van der Waals surface area contributed by atoms with E-state index in [-0.39, 0.29) is 0 Å². The third kappa shape index (κ3) is 1.37. The zero-order valence-electron chi connectivity index (χ0n) is 8.86.